The van der Waals surface area contributed by atoms with Crippen molar-refractivity contribution in [2.45, 2.75) is 6.54 Å². The van der Waals surface area contributed by atoms with Gasteiger partial charge in [0.05, 0.1) is 4.92 Å². The van der Waals surface area contributed by atoms with Crippen LogP contribution in [0.2, 0.25) is 0 Å². The lowest BCUT2D eigenvalue weighted by Gasteiger charge is -2.04. The Bertz CT molecular complexity index is 544. The van der Waals surface area contributed by atoms with Gasteiger partial charge in [-0.05, 0) is 28.1 Å². The number of rotatable bonds is 4. The number of pyridine rings is 1. The van der Waals surface area contributed by atoms with E-state index in [-0.39, 0.29) is 5.69 Å². The Morgan fingerprint density at radius 1 is 1.59 bits per heavy atom. The number of anilines is 1. The molecule has 2 aromatic rings. The van der Waals surface area contributed by atoms with Crippen molar-refractivity contribution in [1.82, 2.24) is 4.98 Å². The first kappa shape index (κ1) is 12.0. The molecule has 0 saturated heterocycles. The number of thiophene rings is 1. The van der Waals surface area contributed by atoms with Crippen molar-refractivity contribution in [1.29, 1.82) is 0 Å². The van der Waals surface area contributed by atoms with Crippen LogP contribution in [-0.4, -0.2) is 9.91 Å². The van der Waals surface area contributed by atoms with Crippen LogP contribution >= 0.6 is 27.3 Å². The molecule has 0 bridgehead atoms. The molecule has 0 aliphatic heterocycles. The second-order valence-electron chi connectivity index (χ2n) is 3.23. The quantitative estimate of drug-likeness (QED) is 0.693. The Morgan fingerprint density at radius 3 is 3.06 bits per heavy atom. The van der Waals surface area contributed by atoms with Gasteiger partial charge in [0.25, 0.3) is 0 Å². The van der Waals surface area contributed by atoms with E-state index in [1.165, 1.54) is 12.4 Å². The molecular formula is C10H8BrN3O2S. The van der Waals surface area contributed by atoms with Gasteiger partial charge in [0.1, 0.15) is 11.9 Å². The second kappa shape index (κ2) is 5.24. The largest absolute Gasteiger partial charge is 0.374 e. The Balaban J connectivity index is 2.11. The monoisotopic (exact) mass is 313 g/mol. The maximum absolute atomic E-state index is 10.8. The van der Waals surface area contributed by atoms with Crippen LogP contribution in [0, 0.1) is 10.1 Å². The number of halogens is 1. The summed E-state index contributed by atoms with van der Waals surface area (Å²) in [6, 6.07) is 3.57. The van der Waals surface area contributed by atoms with Crippen LogP contribution in [0.3, 0.4) is 0 Å². The highest BCUT2D eigenvalue weighted by molar-refractivity contribution is 9.10. The maximum Gasteiger partial charge on any atom is 0.310 e. The van der Waals surface area contributed by atoms with Crippen LogP contribution in [0.1, 0.15) is 4.88 Å². The number of hydrogen-bond donors (Lipinski definition) is 1. The molecule has 5 nitrogen and oxygen atoms in total. The van der Waals surface area contributed by atoms with Gasteiger partial charge in [-0.2, -0.15) is 0 Å². The predicted molar refractivity (Wildman–Crippen MR) is 70.2 cm³/mol. The maximum atomic E-state index is 10.8. The molecule has 7 heteroatoms. The minimum Gasteiger partial charge on any atom is -0.374 e. The topological polar surface area (TPSA) is 68.1 Å². The van der Waals surface area contributed by atoms with Crippen molar-refractivity contribution in [2.24, 2.45) is 0 Å². The zero-order chi connectivity index (χ0) is 12.3. The highest BCUT2D eigenvalue weighted by Crippen LogP contribution is 2.25. The van der Waals surface area contributed by atoms with Crippen LogP contribution in [-0.2, 0) is 6.54 Å². The van der Waals surface area contributed by atoms with E-state index in [9.17, 15) is 10.1 Å². The number of hydrogen-bond acceptors (Lipinski definition) is 5. The van der Waals surface area contributed by atoms with Gasteiger partial charge in [-0.1, -0.05) is 0 Å². The van der Waals surface area contributed by atoms with Gasteiger partial charge in [0.2, 0.25) is 0 Å². The van der Waals surface area contributed by atoms with Crippen LogP contribution in [0.5, 0.6) is 0 Å². The van der Waals surface area contributed by atoms with Gasteiger partial charge in [-0.15, -0.1) is 11.3 Å². The molecule has 2 heterocycles. The first-order valence-corrected chi connectivity index (χ1v) is 6.39. The third kappa shape index (κ3) is 3.01. The lowest BCUT2D eigenvalue weighted by atomic mass is 10.3. The van der Waals surface area contributed by atoms with Gasteiger partial charge in [0.15, 0.2) is 0 Å². The smallest absolute Gasteiger partial charge is 0.310 e. The molecule has 2 rings (SSSR count). The lowest BCUT2D eigenvalue weighted by molar-refractivity contribution is -0.384. The Hall–Kier alpha value is -1.47. The lowest BCUT2D eigenvalue weighted by Crippen LogP contribution is -2.01. The molecule has 0 amide bonds. The molecule has 2 aromatic heterocycles. The first-order chi connectivity index (χ1) is 8.16. The van der Waals surface area contributed by atoms with Gasteiger partial charge in [0, 0.05) is 27.5 Å². The van der Waals surface area contributed by atoms with Crippen LogP contribution < -0.4 is 5.32 Å². The molecule has 0 radical (unpaired) electrons. The van der Waals surface area contributed by atoms with Crippen molar-refractivity contribution >= 4 is 38.6 Å². The molecule has 1 N–H and O–H groups in total. The van der Waals surface area contributed by atoms with E-state index in [4.69, 9.17) is 0 Å². The summed E-state index contributed by atoms with van der Waals surface area (Å²) >= 11 is 4.95. The van der Waals surface area contributed by atoms with E-state index in [2.05, 4.69) is 26.2 Å². The molecule has 0 spiro atoms. The van der Waals surface area contributed by atoms with Crippen LogP contribution in [0.4, 0.5) is 11.4 Å². The molecule has 0 atom stereocenters. The van der Waals surface area contributed by atoms with Gasteiger partial charge < -0.3 is 5.32 Å². The predicted octanol–water partition coefficient (Wildman–Crippen LogP) is 3.43. The summed E-state index contributed by atoms with van der Waals surface area (Å²) in [5, 5.41) is 15.8. The summed E-state index contributed by atoms with van der Waals surface area (Å²) in [5.74, 6) is 0. The van der Waals surface area contributed by atoms with E-state index < -0.39 is 4.92 Å². The van der Waals surface area contributed by atoms with Gasteiger partial charge in [-0.25, -0.2) is 0 Å². The first-order valence-electron chi connectivity index (χ1n) is 4.72. The zero-order valence-corrected chi connectivity index (χ0v) is 11.0. The standard InChI is InChI=1S/C10H8BrN3O2S/c11-7-3-8(17-6-7)4-13-9-1-2-12-5-10(9)14(15)16/h1-3,5-6H,4H2,(H,12,13). The summed E-state index contributed by atoms with van der Waals surface area (Å²) in [4.78, 5) is 15.2. The molecule has 0 aliphatic carbocycles. The van der Waals surface area contributed by atoms with Crippen LogP contribution in [0.15, 0.2) is 34.4 Å². The average Bonchev–Trinajstić information content (AvgIpc) is 2.73. The van der Waals surface area contributed by atoms with Crippen molar-refractivity contribution in [3.63, 3.8) is 0 Å². The Morgan fingerprint density at radius 2 is 2.41 bits per heavy atom. The summed E-state index contributed by atoms with van der Waals surface area (Å²) in [6.07, 6.45) is 2.77. The third-order valence-corrected chi connectivity index (χ3v) is 3.77. The Kier molecular flexibility index (Phi) is 3.70. The fraction of sp³-hybridized carbons (Fsp3) is 0.100. The minimum atomic E-state index is -0.445. The molecule has 17 heavy (non-hydrogen) atoms. The van der Waals surface area contributed by atoms with Crippen molar-refractivity contribution < 1.29 is 4.92 Å². The van der Waals surface area contributed by atoms with Crippen molar-refractivity contribution in [3.05, 3.63) is 49.4 Å². The van der Waals surface area contributed by atoms with E-state index in [1.54, 1.807) is 17.4 Å². The summed E-state index contributed by atoms with van der Waals surface area (Å²) in [7, 11) is 0. The zero-order valence-electron chi connectivity index (χ0n) is 8.59. The number of nitro groups is 1. The number of aromatic nitrogens is 1. The average molecular weight is 314 g/mol. The molecule has 88 valence electrons. The van der Waals surface area contributed by atoms with Gasteiger partial charge >= 0.3 is 5.69 Å². The molecule has 0 unspecified atom stereocenters. The van der Waals surface area contributed by atoms with E-state index in [1.807, 2.05) is 11.4 Å². The molecule has 0 aromatic carbocycles. The number of nitrogens with zero attached hydrogens (tertiary/aromatic N) is 2. The highest BCUT2D eigenvalue weighted by Gasteiger charge is 2.12. The summed E-state index contributed by atoms with van der Waals surface area (Å²) < 4.78 is 1.02. The molecule has 0 aliphatic rings. The second-order valence-corrected chi connectivity index (χ2v) is 5.15. The molecule has 0 saturated carbocycles. The SMILES string of the molecule is O=[N+]([O-])c1cnccc1NCc1cc(Br)cs1. The van der Waals surface area contributed by atoms with E-state index in [0.29, 0.717) is 12.2 Å². The normalized spacial score (nSPS) is 10.2. The molecule has 0 fully saturated rings. The van der Waals surface area contributed by atoms with E-state index >= 15 is 0 Å². The summed E-state index contributed by atoms with van der Waals surface area (Å²) in [6.45, 7) is 0.557. The molecular weight excluding hydrogens is 306 g/mol. The van der Waals surface area contributed by atoms with Crippen molar-refractivity contribution in [3.8, 4) is 0 Å². The minimum absolute atomic E-state index is 0.0110. The fourth-order valence-electron chi connectivity index (χ4n) is 1.31. The van der Waals surface area contributed by atoms with Crippen molar-refractivity contribution in [2.75, 3.05) is 5.32 Å². The van der Waals surface area contributed by atoms with Crippen LogP contribution in [0.25, 0.3) is 0 Å². The third-order valence-electron chi connectivity index (χ3n) is 2.07. The summed E-state index contributed by atoms with van der Waals surface area (Å²) in [5.41, 5.74) is 0.470. The number of nitrogens with one attached hydrogen (secondary N) is 1. The fourth-order valence-corrected chi connectivity index (χ4v) is 2.70. The Labute approximate surface area is 110 Å². The van der Waals surface area contributed by atoms with Gasteiger partial charge in [-0.3, -0.25) is 15.1 Å². The highest BCUT2D eigenvalue weighted by atomic mass is 79.9. The van der Waals surface area contributed by atoms with E-state index in [0.717, 1.165) is 9.35 Å².